The Morgan fingerprint density at radius 3 is 2.67 bits per heavy atom. The lowest BCUT2D eigenvalue weighted by atomic mass is 10.2. The van der Waals surface area contributed by atoms with Gasteiger partial charge in [0.1, 0.15) is 0 Å². The van der Waals surface area contributed by atoms with E-state index in [2.05, 4.69) is 18.9 Å². The van der Waals surface area contributed by atoms with Crippen molar-refractivity contribution in [3.05, 3.63) is 35.9 Å². The quantitative estimate of drug-likeness (QED) is 0.850. The predicted molar refractivity (Wildman–Crippen MR) is 77.6 cm³/mol. The Kier molecular flexibility index (Phi) is 4.95. The van der Waals surface area contributed by atoms with Crippen molar-refractivity contribution in [2.45, 2.75) is 43.6 Å². The summed E-state index contributed by atoms with van der Waals surface area (Å²) >= 11 is 0. The highest BCUT2D eigenvalue weighted by molar-refractivity contribution is 7.84. The van der Waals surface area contributed by atoms with Crippen LogP contribution in [-0.2, 0) is 16.6 Å². The molecular formula is C14H18N2O4S. The largest absolute Gasteiger partial charge is 0.475 e. The van der Waals surface area contributed by atoms with E-state index in [9.17, 15) is 9.00 Å². The normalized spacial score (nSPS) is 12.7. The fraction of sp³-hybridized carbons (Fsp3) is 0.429. The highest BCUT2D eigenvalue weighted by Gasteiger charge is 2.16. The number of aromatic carboxylic acids is 1. The molecule has 2 rings (SSSR count). The molecule has 0 radical (unpaired) electrons. The number of carboxylic acids is 1. The third-order valence-electron chi connectivity index (χ3n) is 3.28. The molecule has 21 heavy (non-hydrogen) atoms. The average molecular weight is 310 g/mol. The molecule has 0 amide bonds. The van der Waals surface area contributed by atoms with Gasteiger partial charge < -0.3 is 9.52 Å². The Labute approximate surface area is 125 Å². The fourth-order valence-corrected chi connectivity index (χ4v) is 3.05. The van der Waals surface area contributed by atoms with Crippen LogP contribution in [-0.4, -0.2) is 25.1 Å². The summed E-state index contributed by atoms with van der Waals surface area (Å²) in [5, 5.41) is 13.4. The van der Waals surface area contributed by atoms with E-state index in [1.807, 2.05) is 16.9 Å². The van der Waals surface area contributed by atoms with Gasteiger partial charge in [0.15, 0.2) is 5.09 Å². The summed E-state index contributed by atoms with van der Waals surface area (Å²) in [5.74, 6) is -1.17. The molecule has 2 heterocycles. The Balaban J connectivity index is 2.07. The number of carbonyl (C=O) groups is 1. The minimum atomic E-state index is -1.44. The maximum absolute atomic E-state index is 12.1. The van der Waals surface area contributed by atoms with Crippen molar-refractivity contribution >= 4 is 16.8 Å². The molecule has 0 bridgehead atoms. The summed E-state index contributed by atoms with van der Waals surface area (Å²) in [7, 11) is -1.44. The maximum Gasteiger partial charge on any atom is 0.371 e. The predicted octanol–water partition coefficient (Wildman–Crippen LogP) is 2.84. The molecular weight excluding hydrogens is 292 g/mol. The number of carboxylic acid groups (broad SMARTS) is 1. The standard InChI is InChI=1S/C14H18N2O4S/c1-3-11(4-2)16-8-7-10(15-16)9-21(19)13-6-5-12(20-13)14(17)18/h5-8,11H,3-4,9H2,1-2H3,(H,17,18). The lowest BCUT2D eigenvalue weighted by Gasteiger charge is -2.12. The van der Waals surface area contributed by atoms with E-state index in [1.165, 1.54) is 12.1 Å². The van der Waals surface area contributed by atoms with E-state index in [0.29, 0.717) is 11.7 Å². The van der Waals surface area contributed by atoms with E-state index in [0.717, 1.165) is 12.8 Å². The van der Waals surface area contributed by atoms with Gasteiger partial charge >= 0.3 is 5.97 Å². The Hall–Kier alpha value is -1.89. The third kappa shape index (κ3) is 3.60. The minimum absolute atomic E-state index is 0.157. The smallest absolute Gasteiger partial charge is 0.371 e. The lowest BCUT2D eigenvalue weighted by Crippen LogP contribution is -2.08. The molecule has 2 aromatic heterocycles. The van der Waals surface area contributed by atoms with Gasteiger partial charge in [-0.3, -0.25) is 8.89 Å². The molecule has 0 aliphatic carbocycles. The molecule has 0 saturated heterocycles. The first-order chi connectivity index (χ1) is 10.0. The van der Waals surface area contributed by atoms with Gasteiger partial charge in [-0.2, -0.15) is 5.10 Å². The molecule has 0 spiro atoms. The second kappa shape index (κ2) is 6.71. The van der Waals surface area contributed by atoms with E-state index in [1.54, 1.807) is 0 Å². The first kappa shape index (κ1) is 15.5. The zero-order valence-corrected chi connectivity index (χ0v) is 12.8. The van der Waals surface area contributed by atoms with Crippen molar-refractivity contribution in [2.75, 3.05) is 0 Å². The van der Waals surface area contributed by atoms with Gasteiger partial charge in [0.25, 0.3) is 0 Å². The highest BCUT2D eigenvalue weighted by atomic mass is 32.2. The highest BCUT2D eigenvalue weighted by Crippen LogP contribution is 2.18. The molecule has 2 aromatic rings. The average Bonchev–Trinajstić information content (AvgIpc) is 3.09. The van der Waals surface area contributed by atoms with Crippen molar-refractivity contribution in [1.29, 1.82) is 0 Å². The second-order valence-corrected chi connectivity index (χ2v) is 6.05. The van der Waals surface area contributed by atoms with Gasteiger partial charge in [0.2, 0.25) is 5.76 Å². The van der Waals surface area contributed by atoms with E-state index in [-0.39, 0.29) is 16.6 Å². The van der Waals surface area contributed by atoms with Crippen molar-refractivity contribution in [3.8, 4) is 0 Å². The molecule has 1 atom stereocenters. The van der Waals surface area contributed by atoms with Crippen molar-refractivity contribution < 1.29 is 18.5 Å². The Morgan fingerprint density at radius 1 is 1.38 bits per heavy atom. The van der Waals surface area contributed by atoms with Gasteiger partial charge in [-0.1, -0.05) is 13.8 Å². The molecule has 6 nitrogen and oxygen atoms in total. The fourth-order valence-electron chi connectivity index (χ4n) is 2.08. The van der Waals surface area contributed by atoms with Crippen LogP contribution in [0.4, 0.5) is 0 Å². The molecule has 114 valence electrons. The van der Waals surface area contributed by atoms with Crippen molar-refractivity contribution in [1.82, 2.24) is 9.78 Å². The third-order valence-corrected chi connectivity index (χ3v) is 4.50. The zero-order valence-electron chi connectivity index (χ0n) is 12.0. The monoisotopic (exact) mass is 310 g/mol. The van der Waals surface area contributed by atoms with Crippen LogP contribution in [0.1, 0.15) is 49.0 Å². The molecule has 1 unspecified atom stereocenters. The SMILES string of the molecule is CCC(CC)n1ccc(CS(=O)c2ccc(C(=O)O)o2)n1. The summed E-state index contributed by atoms with van der Waals surface area (Å²) in [5.41, 5.74) is 0.702. The summed E-state index contributed by atoms with van der Waals surface area (Å²) in [6.45, 7) is 4.20. The number of aromatic nitrogens is 2. The summed E-state index contributed by atoms with van der Waals surface area (Å²) in [6, 6.07) is 4.90. The first-order valence-electron chi connectivity index (χ1n) is 6.80. The lowest BCUT2D eigenvalue weighted by molar-refractivity contribution is 0.0656. The molecule has 0 aliphatic rings. The van der Waals surface area contributed by atoms with Gasteiger partial charge in [-0.15, -0.1) is 0 Å². The molecule has 0 fully saturated rings. The van der Waals surface area contributed by atoms with Crippen molar-refractivity contribution in [3.63, 3.8) is 0 Å². The first-order valence-corrected chi connectivity index (χ1v) is 8.12. The summed E-state index contributed by atoms with van der Waals surface area (Å²) in [6.07, 6.45) is 3.86. The van der Waals surface area contributed by atoms with Crippen LogP contribution >= 0.6 is 0 Å². The van der Waals surface area contributed by atoms with Gasteiger partial charge in [-0.05, 0) is 31.0 Å². The summed E-state index contributed by atoms with van der Waals surface area (Å²) in [4.78, 5) is 10.7. The number of furan rings is 1. The van der Waals surface area contributed by atoms with Crippen LogP contribution in [0, 0.1) is 0 Å². The van der Waals surface area contributed by atoms with Crippen LogP contribution in [0.3, 0.4) is 0 Å². The molecule has 1 N–H and O–H groups in total. The molecule has 7 heteroatoms. The Bertz CT molecular complexity index is 643. The van der Waals surface area contributed by atoms with Crippen LogP contribution in [0.2, 0.25) is 0 Å². The van der Waals surface area contributed by atoms with Crippen LogP contribution in [0.25, 0.3) is 0 Å². The topological polar surface area (TPSA) is 85.3 Å². The van der Waals surface area contributed by atoms with Crippen LogP contribution in [0.5, 0.6) is 0 Å². The number of rotatable bonds is 7. The number of nitrogens with zero attached hydrogens (tertiary/aromatic N) is 2. The maximum atomic E-state index is 12.1. The summed E-state index contributed by atoms with van der Waals surface area (Å²) < 4.78 is 19.1. The van der Waals surface area contributed by atoms with Gasteiger partial charge in [0.05, 0.1) is 28.3 Å². The van der Waals surface area contributed by atoms with Crippen LogP contribution in [0.15, 0.2) is 33.9 Å². The number of hydrogen-bond donors (Lipinski definition) is 1. The minimum Gasteiger partial charge on any atom is -0.475 e. The van der Waals surface area contributed by atoms with Crippen molar-refractivity contribution in [2.24, 2.45) is 0 Å². The molecule has 0 aliphatic heterocycles. The van der Waals surface area contributed by atoms with E-state index < -0.39 is 16.8 Å². The van der Waals surface area contributed by atoms with Gasteiger partial charge in [-0.25, -0.2) is 4.79 Å². The van der Waals surface area contributed by atoms with E-state index >= 15 is 0 Å². The van der Waals surface area contributed by atoms with E-state index in [4.69, 9.17) is 9.52 Å². The molecule has 0 aromatic carbocycles. The second-order valence-electron chi connectivity index (χ2n) is 4.67. The number of hydrogen-bond acceptors (Lipinski definition) is 4. The Morgan fingerprint density at radius 2 is 2.10 bits per heavy atom. The van der Waals surface area contributed by atoms with Crippen LogP contribution < -0.4 is 0 Å². The zero-order chi connectivity index (χ0) is 15.4. The van der Waals surface area contributed by atoms with Gasteiger partial charge in [0, 0.05) is 6.20 Å². The molecule has 0 saturated carbocycles.